The summed E-state index contributed by atoms with van der Waals surface area (Å²) in [5.41, 5.74) is -1.41. The van der Waals surface area contributed by atoms with E-state index in [0.717, 1.165) is 17.2 Å². The second kappa shape index (κ2) is 11.6. The van der Waals surface area contributed by atoms with Gasteiger partial charge in [0.15, 0.2) is 11.5 Å². The minimum atomic E-state index is -0.947. The number of pyridine rings is 1. The second-order valence-electron chi connectivity index (χ2n) is 13.5. The van der Waals surface area contributed by atoms with Gasteiger partial charge in [0.25, 0.3) is 0 Å². The molecule has 2 aromatic rings. The number of ether oxygens (including phenoxy) is 4. The van der Waals surface area contributed by atoms with Crippen LogP contribution in [-0.2, 0) is 14.3 Å². The van der Waals surface area contributed by atoms with Gasteiger partial charge in [0.2, 0.25) is 17.7 Å². The lowest BCUT2D eigenvalue weighted by Gasteiger charge is -2.35. The smallest absolute Gasteiger partial charge is 0.408 e. The van der Waals surface area contributed by atoms with Gasteiger partial charge in [0, 0.05) is 29.4 Å². The third kappa shape index (κ3) is 6.81. The summed E-state index contributed by atoms with van der Waals surface area (Å²) in [5, 5.41) is 7.37. The highest BCUT2D eigenvalue weighted by atomic mass is 16.6. The van der Waals surface area contributed by atoms with Crippen molar-refractivity contribution in [1.29, 1.82) is 0 Å². The summed E-state index contributed by atoms with van der Waals surface area (Å²) < 4.78 is 23.5. The van der Waals surface area contributed by atoms with Crippen molar-refractivity contribution < 1.29 is 33.3 Å². The first-order chi connectivity index (χ1) is 20.2. The lowest BCUT2D eigenvalue weighted by atomic mass is 9.85. The van der Waals surface area contributed by atoms with E-state index in [0.29, 0.717) is 30.6 Å². The summed E-state index contributed by atoms with van der Waals surface area (Å²) in [7, 11) is 0. The van der Waals surface area contributed by atoms with Crippen LogP contribution < -0.4 is 24.8 Å². The highest BCUT2D eigenvalue weighted by Gasteiger charge is 2.47. The van der Waals surface area contributed by atoms with Crippen LogP contribution in [0.25, 0.3) is 10.8 Å². The Labute approximate surface area is 252 Å². The Hall–Kier alpha value is -4.02. The van der Waals surface area contributed by atoms with Gasteiger partial charge in [-0.05, 0) is 56.7 Å². The Bertz CT molecular complexity index is 1410. The Morgan fingerprint density at radius 2 is 1.81 bits per heavy atom. The molecule has 1 aliphatic carbocycles. The largest absolute Gasteiger partial charge is 0.486 e. The number of carbonyl (C=O) groups excluding carboxylic acids is 3. The minimum absolute atomic E-state index is 0.00616. The molecule has 2 aliphatic heterocycles. The molecule has 1 aromatic heterocycles. The first-order valence-corrected chi connectivity index (χ1v) is 14.8. The van der Waals surface area contributed by atoms with E-state index in [9.17, 15) is 14.4 Å². The Kier molecular flexibility index (Phi) is 8.20. The zero-order valence-electron chi connectivity index (χ0n) is 25.8. The van der Waals surface area contributed by atoms with Crippen molar-refractivity contribution in [2.75, 3.05) is 19.8 Å². The lowest BCUT2D eigenvalue weighted by Crippen LogP contribution is -2.58. The first-order valence-electron chi connectivity index (χ1n) is 14.8. The van der Waals surface area contributed by atoms with Crippen LogP contribution in [0, 0.1) is 11.3 Å². The van der Waals surface area contributed by atoms with Crippen LogP contribution in [0.3, 0.4) is 0 Å². The third-order valence-electron chi connectivity index (χ3n) is 7.78. The minimum Gasteiger partial charge on any atom is -0.486 e. The number of likely N-dealkylation sites (tertiary alicyclic amines) is 1. The quantitative estimate of drug-likeness (QED) is 0.461. The van der Waals surface area contributed by atoms with E-state index in [2.05, 4.69) is 22.2 Å². The average molecular weight is 595 g/mol. The highest BCUT2D eigenvalue weighted by Crippen LogP contribution is 2.40. The molecular formula is C32H42N4O7. The van der Waals surface area contributed by atoms with E-state index in [4.69, 9.17) is 18.9 Å². The van der Waals surface area contributed by atoms with Gasteiger partial charge in [-0.3, -0.25) is 9.59 Å². The molecule has 11 nitrogen and oxygen atoms in total. The molecule has 43 heavy (non-hydrogen) atoms. The van der Waals surface area contributed by atoms with Gasteiger partial charge < -0.3 is 34.5 Å². The van der Waals surface area contributed by atoms with Crippen LogP contribution >= 0.6 is 0 Å². The fourth-order valence-electron chi connectivity index (χ4n) is 5.53. The molecule has 3 heterocycles. The van der Waals surface area contributed by atoms with Crippen molar-refractivity contribution in [3.05, 3.63) is 37.1 Å². The zero-order valence-corrected chi connectivity index (χ0v) is 25.8. The highest BCUT2D eigenvalue weighted by molar-refractivity contribution is 5.94. The van der Waals surface area contributed by atoms with Crippen LogP contribution in [0.15, 0.2) is 37.1 Å². The second-order valence-corrected chi connectivity index (χ2v) is 13.5. The van der Waals surface area contributed by atoms with Gasteiger partial charge in [-0.25, -0.2) is 9.78 Å². The van der Waals surface area contributed by atoms with Gasteiger partial charge in [0.1, 0.15) is 37.0 Å². The van der Waals surface area contributed by atoms with E-state index in [1.54, 1.807) is 27.0 Å². The van der Waals surface area contributed by atoms with E-state index < -0.39 is 35.3 Å². The predicted octanol–water partition coefficient (Wildman–Crippen LogP) is 3.98. The predicted molar refractivity (Wildman–Crippen MR) is 160 cm³/mol. The molecule has 0 bridgehead atoms. The summed E-state index contributed by atoms with van der Waals surface area (Å²) >= 11 is 0. The van der Waals surface area contributed by atoms with Crippen molar-refractivity contribution in [3.8, 4) is 17.4 Å². The maximum Gasteiger partial charge on any atom is 0.408 e. The number of carbonyl (C=O) groups is 3. The van der Waals surface area contributed by atoms with Crippen molar-refractivity contribution in [1.82, 2.24) is 20.5 Å². The molecular weight excluding hydrogens is 552 g/mol. The third-order valence-corrected chi connectivity index (χ3v) is 7.78. The monoisotopic (exact) mass is 594 g/mol. The fraction of sp³-hybridized carbons (Fsp3) is 0.562. The van der Waals surface area contributed by atoms with Crippen LogP contribution in [-0.4, -0.2) is 77.4 Å². The maximum absolute atomic E-state index is 14.2. The summed E-state index contributed by atoms with van der Waals surface area (Å²) in [5.74, 6) is 1.25. The molecule has 5 rings (SSSR count). The van der Waals surface area contributed by atoms with Crippen molar-refractivity contribution >= 4 is 28.7 Å². The van der Waals surface area contributed by atoms with Crippen molar-refractivity contribution in [2.45, 2.75) is 84.2 Å². The molecule has 0 unspecified atom stereocenters. The molecule has 2 N–H and O–H groups in total. The van der Waals surface area contributed by atoms with E-state index in [-0.39, 0.29) is 36.7 Å². The Morgan fingerprint density at radius 1 is 1.07 bits per heavy atom. The molecule has 1 aromatic carbocycles. The van der Waals surface area contributed by atoms with Gasteiger partial charge in [0.05, 0.1) is 6.54 Å². The summed E-state index contributed by atoms with van der Waals surface area (Å²) in [6.45, 7) is 15.7. The average Bonchev–Trinajstić information content (AvgIpc) is 3.55. The molecule has 3 aliphatic rings. The maximum atomic E-state index is 14.2. The Balaban J connectivity index is 1.40. The number of fused-ring (bicyclic) bond motifs is 3. The van der Waals surface area contributed by atoms with Crippen LogP contribution in [0.1, 0.15) is 54.4 Å². The summed E-state index contributed by atoms with van der Waals surface area (Å²) in [6, 6.07) is 3.79. The standard InChI is InChI=1S/C32H42N4O7/c1-8-18-15-22(18)34-27(37)23-16-19(17-36(23)29(38)26(31(2,3)4)35-30(39)43-32(5,6)7)42-28-21-9-10-24-25(41-14-13-40-24)20(21)11-12-33-28/h8-12,18-19,22-23,26H,1,13-17H2,2-7H3,(H,34,37)(H,35,39)/t18-,19-,22-,23+,26-/m1/s1. The summed E-state index contributed by atoms with van der Waals surface area (Å²) in [6.07, 6.45) is 3.32. The van der Waals surface area contributed by atoms with Crippen LogP contribution in [0.4, 0.5) is 4.79 Å². The van der Waals surface area contributed by atoms with E-state index >= 15 is 0 Å². The molecule has 0 radical (unpaired) electrons. The molecule has 5 atom stereocenters. The number of benzene rings is 1. The first kappa shape index (κ1) is 30.4. The van der Waals surface area contributed by atoms with Gasteiger partial charge in [-0.15, -0.1) is 6.58 Å². The number of alkyl carbamates (subject to hydrolysis) is 1. The SMILES string of the molecule is C=C[C@@H]1C[C@H]1NC(=O)[C@@H]1C[C@@H](Oc2nccc3c4c(ccc23)OCCO4)CN1C(=O)[C@@H](NC(=O)OC(C)(C)C)C(C)(C)C. The van der Waals surface area contributed by atoms with Crippen LogP contribution in [0.2, 0.25) is 0 Å². The van der Waals surface area contributed by atoms with Gasteiger partial charge >= 0.3 is 6.09 Å². The number of amides is 3. The summed E-state index contributed by atoms with van der Waals surface area (Å²) in [4.78, 5) is 46.5. The fourth-order valence-corrected chi connectivity index (χ4v) is 5.53. The van der Waals surface area contributed by atoms with Gasteiger partial charge in [-0.1, -0.05) is 26.8 Å². The molecule has 232 valence electrons. The number of hydrogen-bond donors (Lipinski definition) is 2. The van der Waals surface area contributed by atoms with E-state index in [1.165, 1.54) is 4.90 Å². The zero-order chi connectivity index (χ0) is 31.1. The molecule has 11 heteroatoms. The number of hydrogen-bond acceptors (Lipinski definition) is 8. The lowest BCUT2D eigenvalue weighted by molar-refractivity contribution is -0.142. The number of rotatable bonds is 7. The number of nitrogens with zero attached hydrogens (tertiary/aromatic N) is 2. The number of nitrogens with one attached hydrogen (secondary N) is 2. The normalized spacial score (nSPS) is 23.7. The molecule has 0 spiro atoms. The number of aromatic nitrogens is 1. The van der Waals surface area contributed by atoms with E-state index in [1.807, 2.05) is 45.0 Å². The molecule has 1 saturated heterocycles. The molecule has 2 fully saturated rings. The van der Waals surface area contributed by atoms with Crippen LogP contribution in [0.5, 0.6) is 17.4 Å². The Morgan fingerprint density at radius 3 is 2.49 bits per heavy atom. The molecule has 3 amide bonds. The van der Waals surface area contributed by atoms with Gasteiger partial charge in [-0.2, -0.15) is 0 Å². The van der Waals surface area contributed by atoms with Crippen molar-refractivity contribution in [2.24, 2.45) is 11.3 Å². The topological polar surface area (TPSA) is 128 Å². The molecule has 1 saturated carbocycles. The van der Waals surface area contributed by atoms with Crippen molar-refractivity contribution in [3.63, 3.8) is 0 Å².